The highest BCUT2D eigenvalue weighted by atomic mass is 35.5. The molecule has 6 heteroatoms. The van der Waals surface area contributed by atoms with Crippen LogP contribution in [0.2, 0.25) is 0 Å². The summed E-state index contributed by atoms with van der Waals surface area (Å²) in [6.07, 6.45) is 7.15. The van der Waals surface area contributed by atoms with Crippen molar-refractivity contribution in [2.45, 2.75) is 69.6 Å². The minimum absolute atomic E-state index is 0. The van der Waals surface area contributed by atoms with Gasteiger partial charge in [0.05, 0.1) is 0 Å². The summed E-state index contributed by atoms with van der Waals surface area (Å²) in [6, 6.07) is 5.00. The number of nitrogens with one attached hydrogen (secondary N) is 1. The second-order valence-corrected chi connectivity index (χ2v) is 7.67. The molecule has 2 atom stereocenters. The van der Waals surface area contributed by atoms with Crippen LogP contribution in [-0.2, 0) is 11.3 Å². The number of benzene rings is 1. The summed E-state index contributed by atoms with van der Waals surface area (Å²) in [4.78, 5) is 14.6. The summed E-state index contributed by atoms with van der Waals surface area (Å²) in [6.45, 7) is 0.257. The summed E-state index contributed by atoms with van der Waals surface area (Å²) in [5.41, 5.74) is 0.405. The van der Waals surface area contributed by atoms with Crippen LogP contribution in [0.1, 0.15) is 50.5 Å². The van der Waals surface area contributed by atoms with Crippen LogP contribution in [0.25, 0.3) is 0 Å². The van der Waals surface area contributed by atoms with Gasteiger partial charge in [0.15, 0.2) is 0 Å². The van der Waals surface area contributed by atoms with Crippen molar-refractivity contribution in [1.82, 2.24) is 10.2 Å². The number of hydrogen-bond acceptors (Lipinski definition) is 2. The number of halogens is 3. The van der Waals surface area contributed by atoms with E-state index in [1.165, 1.54) is 25.0 Å². The van der Waals surface area contributed by atoms with Gasteiger partial charge in [-0.05, 0) is 50.5 Å². The van der Waals surface area contributed by atoms with Crippen LogP contribution >= 0.6 is 12.4 Å². The van der Waals surface area contributed by atoms with Gasteiger partial charge in [-0.15, -0.1) is 12.4 Å². The number of piperidine rings is 1. The van der Waals surface area contributed by atoms with E-state index in [1.54, 1.807) is 0 Å². The average Bonchev–Trinajstić information content (AvgIpc) is 3.31. The lowest BCUT2D eigenvalue weighted by Crippen LogP contribution is -2.41. The van der Waals surface area contributed by atoms with E-state index in [0.29, 0.717) is 30.0 Å². The summed E-state index contributed by atoms with van der Waals surface area (Å²) in [5.74, 6) is -0.567. The van der Waals surface area contributed by atoms with Crippen LogP contribution in [0.15, 0.2) is 18.2 Å². The Morgan fingerprint density at radius 3 is 2.40 bits per heavy atom. The van der Waals surface area contributed by atoms with Crippen LogP contribution < -0.4 is 5.32 Å². The molecule has 1 aromatic carbocycles. The third-order valence-electron chi connectivity index (χ3n) is 5.70. The van der Waals surface area contributed by atoms with Gasteiger partial charge in [-0.2, -0.15) is 0 Å². The average molecular weight is 371 g/mol. The van der Waals surface area contributed by atoms with E-state index in [0.717, 1.165) is 31.7 Å². The third-order valence-corrected chi connectivity index (χ3v) is 5.70. The van der Waals surface area contributed by atoms with Crippen molar-refractivity contribution in [2.24, 2.45) is 5.92 Å². The molecule has 1 N–H and O–H groups in total. The molecule has 2 saturated heterocycles. The Balaban J connectivity index is 0.00000182. The number of carbonyl (C=O) groups excluding carboxylic acids is 1. The molecule has 0 spiro atoms. The van der Waals surface area contributed by atoms with Crippen molar-refractivity contribution in [1.29, 1.82) is 0 Å². The predicted octanol–water partition coefficient (Wildman–Crippen LogP) is 3.80. The fraction of sp³-hybridized carbons (Fsp3) is 0.632. The summed E-state index contributed by atoms with van der Waals surface area (Å²) < 4.78 is 27.0. The number of nitrogens with zero attached hydrogens (tertiary/aromatic N) is 1. The molecular formula is C19H25ClF2N2O. The van der Waals surface area contributed by atoms with Crippen LogP contribution in [0.3, 0.4) is 0 Å². The first-order valence-corrected chi connectivity index (χ1v) is 9.08. The molecule has 3 nitrogen and oxygen atoms in total. The lowest BCUT2D eigenvalue weighted by Gasteiger charge is -2.31. The molecule has 3 fully saturated rings. The lowest BCUT2D eigenvalue weighted by atomic mass is 9.89. The highest BCUT2D eigenvalue weighted by Crippen LogP contribution is 2.35. The van der Waals surface area contributed by atoms with Crippen molar-refractivity contribution >= 4 is 18.3 Å². The van der Waals surface area contributed by atoms with Gasteiger partial charge < -0.3 is 10.2 Å². The minimum Gasteiger partial charge on any atom is -0.335 e. The van der Waals surface area contributed by atoms with Gasteiger partial charge >= 0.3 is 0 Å². The molecule has 2 bridgehead atoms. The molecule has 4 rings (SSSR count). The Morgan fingerprint density at radius 1 is 1.12 bits per heavy atom. The molecule has 2 unspecified atom stereocenters. The van der Waals surface area contributed by atoms with Gasteiger partial charge in [-0.3, -0.25) is 4.79 Å². The van der Waals surface area contributed by atoms with E-state index in [4.69, 9.17) is 0 Å². The normalized spacial score (nSPS) is 27.7. The Morgan fingerprint density at radius 2 is 1.80 bits per heavy atom. The zero-order chi connectivity index (χ0) is 16.7. The third kappa shape index (κ3) is 4.32. The number of rotatable bonds is 5. The first-order valence-electron chi connectivity index (χ1n) is 9.08. The molecule has 138 valence electrons. The first kappa shape index (κ1) is 18.6. The number of carbonyl (C=O) groups is 1. The van der Waals surface area contributed by atoms with Crippen molar-refractivity contribution < 1.29 is 13.6 Å². The Labute approximate surface area is 153 Å². The van der Waals surface area contributed by atoms with Crippen LogP contribution in [0.4, 0.5) is 8.78 Å². The van der Waals surface area contributed by atoms with Gasteiger partial charge in [0.25, 0.3) is 0 Å². The molecule has 2 aliphatic heterocycles. The van der Waals surface area contributed by atoms with Gasteiger partial charge in [-0.1, -0.05) is 6.07 Å². The molecule has 1 aromatic rings. The molecule has 0 radical (unpaired) electrons. The largest absolute Gasteiger partial charge is 0.335 e. The monoisotopic (exact) mass is 370 g/mol. The second-order valence-electron chi connectivity index (χ2n) is 7.67. The van der Waals surface area contributed by atoms with Crippen LogP contribution in [0.5, 0.6) is 0 Å². The van der Waals surface area contributed by atoms with Crippen LogP contribution in [-0.4, -0.2) is 28.9 Å². The van der Waals surface area contributed by atoms with Gasteiger partial charge in [0.1, 0.15) is 11.6 Å². The van der Waals surface area contributed by atoms with Crippen LogP contribution in [0, 0.1) is 17.6 Å². The first-order chi connectivity index (χ1) is 11.6. The number of hydrogen-bond donors (Lipinski definition) is 1. The Bertz CT molecular complexity index is 626. The van der Waals surface area contributed by atoms with E-state index in [2.05, 4.69) is 5.32 Å². The number of fused-ring (bicyclic) bond motifs is 2. The zero-order valence-corrected chi connectivity index (χ0v) is 15.0. The lowest BCUT2D eigenvalue weighted by molar-refractivity contribution is -0.133. The zero-order valence-electron chi connectivity index (χ0n) is 14.2. The Kier molecular flexibility index (Phi) is 5.64. The van der Waals surface area contributed by atoms with Crippen molar-refractivity contribution in [3.8, 4) is 0 Å². The summed E-state index contributed by atoms with van der Waals surface area (Å²) >= 11 is 0. The smallest absolute Gasteiger partial charge is 0.223 e. The van der Waals surface area contributed by atoms with E-state index >= 15 is 0 Å². The quantitative estimate of drug-likeness (QED) is 0.855. The molecule has 0 aromatic heterocycles. The van der Waals surface area contributed by atoms with E-state index < -0.39 is 11.6 Å². The summed E-state index contributed by atoms with van der Waals surface area (Å²) in [5, 5.41) is 3.60. The van der Waals surface area contributed by atoms with Gasteiger partial charge in [0.2, 0.25) is 5.91 Å². The fourth-order valence-electron chi connectivity index (χ4n) is 4.35. The molecule has 1 saturated carbocycles. The van der Waals surface area contributed by atoms with Crippen molar-refractivity contribution in [3.05, 3.63) is 35.4 Å². The molecule has 25 heavy (non-hydrogen) atoms. The minimum atomic E-state index is -0.578. The molecule has 1 aliphatic carbocycles. The molecule has 1 amide bonds. The van der Waals surface area contributed by atoms with Crippen molar-refractivity contribution in [3.63, 3.8) is 0 Å². The Hall–Kier alpha value is -1.20. The summed E-state index contributed by atoms with van der Waals surface area (Å²) in [7, 11) is 0. The highest BCUT2D eigenvalue weighted by Gasteiger charge is 2.37. The van der Waals surface area contributed by atoms with E-state index in [1.807, 2.05) is 4.90 Å². The van der Waals surface area contributed by atoms with E-state index in [-0.39, 0.29) is 30.9 Å². The highest BCUT2D eigenvalue weighted by molar-refractivity contribution is 5.85. The standard InChI is InChI=1S/C19H24F2N2O.ClH/c20-14-2-1-13(18(21)10-14)11-23(17-5-6-17)19(24)9-12-7-15-3-4-16(8-12)22-15;/h1-2,10,12,15-17,22H,3-9,11H2;1H. The maximum Gasteiger partial charge on any atom is 0.223 e. The maximum absolute atomic E-state index is 13.9. The topological polar surface area (TPSA) is 32.3 Å². The molecule has 3 aliphatic rings. The maximum atomic E-state index is 13.9. The molecular weight excluding hydrogens is 346 g/mol. The van der Waals surface area contributed by atoms with Gasteiger partial charge in [-0.25, -0.2) is 8.78 Å². The predicted molar refractivity (Wildman–Crippen MR) is 94.5 cm³/mol. The number of amides is 1. The SMILES string of the molecule is Cl.O=C(CC1CC2CCC(C1)N2)N(Cc1ccc(F)cc1F)C1CC1. The second kappa shape index (κ2) is 7.58. The molecule has 2 heterocycles. The van der Waals surface area contributed by atoms with Gasteiger partial charge in [0, 0.05) is 42.7 Å². The van der Waals surface area contributed by atoms with Crippen molar-refractivity contribution in [2.75, 3.05) is 0 Å². The van der Waals surface area contributed by atoms with E-state index in [9.17, 15) is 13.6 Å². The fourth-order valence-corrected chi connectivity index (χ4v) is 4.35.